The van der Waals surface area contributed by atoms with E-state index in [0.29, 0.717) is 0 Å². The zero-order valence-electron chi connectivity index (χ0n) is 33.9. The van der Waals surface area contributed by atoms with Crippen LogP contribution >= 0.6 is 0 Å². The van der Waals surface area contributed by atoms with Gasteiger partial charge in [-0.3, -0.25) is 0 Å². The van der Waals surface area contributed by atoms with Crippen molar-refractivity contribution in [3.8, 4) is 50.3 Å². The Hall–Kier alpha value is -8.21. The van der Waals surface area contributed by atoms with Crippen LogP contribution in [0.25, 0.3) is 61.2 Å². The van der Waals surface area contributed by atoms with E-state index in [1.807, 2.05) is 6.07 Å². The molecule has 0 saturated carbocycles. The summed E-state index contributed by atoms with van der Waals surface area (Å²) in [5.41, 5.74) is 19.5. The van der Waals surface area contributed by atoms with Gasteiger partial charge in [-0.1, -0.05) is 188 Å². The maximum Gasteiger partial charge on any atom is 0.134 e. The van der Waals surface area contributed by atoms with Crippen LogP contribution < -0.4 is 10.2 Å². The first-order valence-corrected chi connectivity index (χ1v) is 21.3. The number of hydrogen-bond donors (Lipinski definition) is 1. The third kappa shape index (κ3) is 5.88. The highest BCUT2D eigenvalue weighted by molar-refractivity contribution is 6.13. The number of fused-ring (bicyclic) bond motifs is 8. The van der Waals surface area contributed by atoms with Gasteiger partial charge in [0.05, 0.1) is 34.3 Å². The molecular weight excluding hydrogens is 753 g/mol. The lowest BCUT2D eigenvalue weighted by Gasteiger charge is -2.29. The number of hydrogen-bond acceptors (Lipinski definition) is 3. The number of rotatable bonds is 6. The minimum atomic E-state index is -0.0387. The van der Waals surface area contributed by atoms with Gasteiger partial charge in [0.15, 0.2) is 0 Å². The number of para-hydroxylation sites is 4. The standard InChI is InChI=1S/C58H40N4/c1-4-18-39(19-5-1)43-24-16-25-45(38-43)62-52-32-14-11-27-48(52)54-47-26-10-13-31-51(47)61(53-33-15-12-28-49(53)57(54)62)44-36-34-40(35-37-44)46-29-17-30-50-55(41-20-6-2-7-21-41)59-58(60-56(46)50)42-22-8-3-9-23-42/h1-38,55H,(H,59,60). The fourth-order valence-electron chi connectivity index (χ4n) is 9.60. The molecule has 0 spiro atoms. The monoisotopic (exact) mass is 792 g/mol. The lowest BCUT2D eigenvalue weighted by Crippen LogP contribution is -2.32. The Kier molecular flexibility index (Phi) is 8.53. The second kappa shape index (κ2) is 14.8. The van der Waals surface area contributed by atoms with Gasteiger partial charge in [-0.25, -0.2) is 4.99 Å². The van der Waals surface area contributed by atoms with E-state index in [1.165, 1.54) is 50.0 Å². The number of benzene rings is 9. The zero-order chi connectivity index (χ0) is 41.0. The van der Waals surface area contributed by atoms with Crippen LogP contribution in [0.15, 0.2) is 236 Å². The van der Waals surface area contributed by atoms with Crippen LogP contribution in [0, 0.1) is 0 Å². The minimum Gasteiger partial charge on any atom is -0.359 e. The molecule has 62 heavy (non-hydrogen) atoms. The molecule has 9 aromatic carbocycles. The second-order valence-corrected chi connectivity index (χ2v) is 16.0. The van der Waals surface area contributed by atoms with E-state index in [2.05, 4.69) is 239 Å². The predicted molar refractivity (Wildman–Crippen MR) is 257 cm³/mol. The van der Waals surface area contributed by atoms with Gasteiger partial charge in [-0.15, -0.1) is 0 Å². The quantitative estimate of drug-likeness (QED) is 0.182. The zero-order valence-corrected chi connectivity index (χ0v) is 33.9. The van der Waals surface area contributed by atoms with E-state index in [1.54, 1.807) is 0 Å². The van der Waals surface area contributed by atoms with E-state index in [9.17, 15) is 0 Å². The van der Waals surface area contributed by atoms with Gasteiger partial charge in [-0.2, -0.15) is 0 Å². The molecule has 10 aromatic rings. The van der Waals surface area contributed by atoms with Crippen molar-refractivity contribution in [3.63, 3.8) is 0 Å². The van der Waals surface area contributed by atoms with Gasteiger partial charge in [0.1, 0.15) is 5.84 Å². The second-order valence-electron chi connectivity index (χ2n) is 16.0. The highest BCUT2D eigenvalue weighted by Crippen LogP contribution is 2.54. The van der Waals surface area contributed by atoms with Gasteiger partial charge >= 0.3 is 0 Å². The first-order valence-electron chi connectivity index (χ1n) is 21.3. The summed E-state index contributed by atoms with van der Waals surface area (Å²) in [5.74, 6) is 0.872. The molecule has 0 fully saturated rings. The molecule has 0 aliphatic carbocycles. The van der Waals surface area contributed by atoms with Crippen LogP contribution in [-0.2, 0) is 0 Å². The normalized spacial score (nSPS) is 13.8. The number of aromatic nitrogens is 1. The Labute approximate surface area is 361 Å². The molecule has 4 heteroatoms. The molecule has 0 radical (unpaired) electrons. The SMILES string of the molecule is c1ccc(C2=Nc3c(-c4ccc(N5c6ccccc6-c6c(n(-c7cccc(-c8ccccc8)c7)c7ccccc67)-c6ccccc65)cc4)cccc3C(c3ccccc3)N2)cc1. The highest BCUT2D eigenvalue weighted by Gasteiger charge is 2.32. The topological polar surface area (TPSA) is 32.6 Å². The fraction of sp³-hybridized carbons (Fsp3) is 0.0172. The third-order valence-electron chi connectivity index (χ3n) is 12.4. The Bertz CT molecular complexity index is 3310. The molecule has 4 nitrogen and oxygen atoms in total. The summed E-state index contributed by atoms with van der Waals surface area (Å²) in [6.45, 7) is 0. The average molecular weight is 793 g/mol. The summed E-state index contributed by atoms with van der Waals surface area (Å²) in [6, 6.07) is 82.9. The molecule has 2 aliphatic heterocycles. The molecule has 12 rings (SSSR count). The van der Waals surface area contributed by atoms with E-state index in [0.717, 1.165) is 56.5 Å². The van der Waals surface area contributed by atoms with Crippen molar-refractivity contribution in [1.29, 1.82) is 0 Å². The number of nitrogens with zero attached hydrogens (tertiary/aromatic N) is 3. The molecule has 1 atom stereocenters. The molecule has 1 N–H and O–H groups in total. The molecule has 1 unspecified atom stereocenters. The van der Waals surface area contributed by atoms with Crippen molar-refractivity contribution >= 4 is 39.5 Å². The number of aliphatic imine (C=N–C) groups is 1. The summed E-state index contributed by atoms with van der Waals surface area (Å²) in [4.78, 5) is 7.78. The molecule has 0 saturated heterocycles. The molecular formula is C58H40N4. The molecule has 1 aromatic heterocycles. The van der Waals surface area contributed by atoms with Crippen molar-refractivity contribution in [3.05, 3.63) is 247 Å². The van der Waals surface area contributed by atoms with E-state index < -0.39 is 0 Å². The number of amidine groups is 1. The number of anilines is 3. The average Bonchev–Trinajstić information content (AvgIpc) is 3.64. The summed E-state index contributed by atoms with van der Waals surface area (Å²) < 4.78 is 2.47. The first kappa shape index (κ1) is 35.7. The molecule has 292 valence electrons. The molecule has 0 amide bonds. The number of nitrogens with one attached hydrogen (secondary N) is 1. The summed E-state index contributed by atoms with van der Waals surface area (Å²) in [6.07, 6.45) is 0. The largest absolute Gasteiger partial charge is 0.359 e. The van der Waals surface area contributed by atoms with Crippen molar-refractivity contribution in [2.45, 2.75) is 6.04 Å². The lowest BCUT2D eigenvalue weighted by atomic mass is 9.91. The van der Waals surface area contributed by atoms with Crippen LogP contribution in [0.4, 0.5) is 22.7 Å². The van der Waals surface area contributed by atoms with Gasteiger partial charge < -0.3 is 14.8 Å². The van der Waals surface area contributed by atoms with E-state index in [4.69, 9.17) is 4.99 Å². The lowest BCUT2D eigenvalue weighted by molar-refractivity contribution is 0.750. The van der Waals surface area contributed by atoms with Crippen LogP contribution in [0.2, 0.25) is 0 Å². The highest BCUT2D eigenvalue weighted by atomic mass is 15.2. The fourth-order valence-corrected chi connectivity index (χ4v) is 9.60. The maximum absolute atomic E-state index is 5.34. The van der Waals surface area contributed by atoms with Crippen LogP contribution in [-0.4, -0.2) is 10.4 Å². The van der Waals surface area contributed by atoms with Crippen molar-refractivity contribution < 1.29 is 0 Å². The van der Waals surface area contributed by atoms with E-state index >= 15 is 0 Å². The van der Waals surface area contributed by atoms with Gasteiger partial charge in [0.25, 0.3) is 0 Å². The molecule has 0 bridgehead atoms. The summed E-state index contributed by atoms with van der Waals surface area (Å²) in [7, 11) is 0. The van der Waals surface area contributed by atoms with Crippen molar-refractivity contribution in [2.75, 3.05) is 4.90 Å². The molecule has 3 heterocycles. The van der Waals surface area contributed by atoms with Gasteiger partial charge in [0, 0.05) is 50.1 Å². The molecule has 2 aliphatic rings. The smallest absolute Gasteiger partial charge is 0.134 e. The Morgan fingerprint density at radius 2 is 1.02 bits per heavy atom. The third-order valence-corrected chi connectivity index (χ3v) is 12.4. The predicted octanol–water partition coefficient (Wildman–Crippen LogP) is 14.9. The van der Waals surface area contributed by atoms with Gasteiger partial charge in [-0.05, 0) is 64.7 Å². The van der Waals surface area contributed by atoms with Gasteiger partial charge in [0.2, 0.25) is 0 Å². The first-order chi connectivity index (χ1) is 30.8. The van der Waals surface area contributed by atoms with Crippen molar-refractivity contribution in [1.82, 2.24) is 9.88 Å². The summed E-state index contributed by atoms with van der Waals surface area (Å²) >= 11 is 0. The van der Waals surface area contributed by atoms with Crippen molar-refractivity contribution in [2.24, 2.45) is 4.99 Å². The Morgan fingerprint density at radius 1 is 0.419 bits per heavy atom. The van der Waals surface area contributed by atoms with Crippen LogP contribution in [0.1, 0.15) is 22.7 Å². The van der Waals surface area contributed by atoms with E-state index in [-0.39, 0.29) is 6.04 Å². The van der Waals surface area contributed by atoms with Crippen LogP contribution in [0.3, 0.4) is 0 Å². The summed E-state index contributed by atoms with van der Waals surface area (Å²) in [5, 5.41) is 5.00. The van der Waals surface area contributed by atoms with Crippen LogP contribution in [0.5, 0.6) is 0 Å². The minimum absolute atomic E-state index is 0.0387. The maximum atomic E-state index is 5.34. The Balaban J connectivity index is 1.02. The Morgan fingerprint density at radius 3 is 1.79 bits per heavy atom.